The maximum absolute atomic E-state index is 13.4. The number of benzene rings is 3. The molecule has 2 unspecified atom stereocenters. The van der Waals surface area contributed by atoms with Gasteiger partial charge in [-0.05, 0) is 93.4 Å². The number of aryl methyl sites for hydroxylation is 2. The van der Waals surface area contributed by atoms with Crippen molar-refractivity contribution >= 4 is 23.7 Å². The molecule has 3 rings (SSSR count). The first-order valence-corrected chi connectivity index (χ1v) is 15.9. The number of rotatable bonds is 17. The van der Waals surface area contributed by atoms with Gasteiger partial charge < -0.3 is 25.2 Å². The number of nitrogens with one attached hydrogen (secondary N) is 2. The SMILES string of the molecule is CCN(CC)CCOc1ccc(NC(=O)c2cccc(CN(CC(C)O)CC(C)O)c2)c(C(=O)N/N=C/c2ccc(C)c(C)c2)c1. The van der Waals surface area contributed by atoms with Gasteiger partial charge in [0.05, 0.1) is 29.7 Å². The van der Waals surface area contributed by atoms with E-state index in [2.05, 4.69) is 34.6 Å². The number of ether oxygens (including phenoxy) is 1. The fraction of sp³-hybridized carbons (Fsp3) is 0.417. The summed E-state index contributed by atoms with van der Waals surface area (Å²) >= 11 is 0. The van der Waals surface area contributed by atoms with Crippen LogP contribution in [0.1, 0.15) is 70.7 Å². The number of carbonyl (C=O) groups excluding carboxylic acids is 2. The van der Waals surface area contributed by atoms with Crippen molar-refractivity contribution in [1.29, 1.82) is 0 Å². The Morgan fingerprint density at radius 1 is 0.891 bits per heavy atom. The predicted octanol–water partition coefficient (Wildman–Crippen LogP) is 4.60. The quantitative estimate of drug-likeness (QED) is 0.127. The number of anilines is 1. The van der Waals surface area contributed by atoms with Crippen LogP contribution in [-0.4, -0.2) is 89.6 Å². The molecule has 0 saturated heterocycles. The first-order chi connectivity index (χ1) is 22.0. The molecule has 0 spiro atoms. The van der Waals surface area contributed by atoms with Crippen LogP contribution in [0.4, 0.5) is 5.69 Å². The maximum atomic E-state index is 13.4. The van der Waals surface area contributed by atoms with Gasteiger partial charge in [0.25, 0.3) is 11.8 Å². The Hall–Kier alpha value is -4.09. The van der Waals surface area contributed by atoms with Crippen molar-refractivity contribution in [3.05, 3.63) is 94.0 Å². The summed E-state index contributed by atoms with van der Waals surface area (Å²) in [7, 11) is 0. The highest BCUT2D eigenvalue weighted by molar-refractivity contribution is 6.09. The molecule has 10 nitrogen and oxygen atoms in total. The molecule has 0 aliphatic carbocycles. The van der Waals surface area contributed by atoms with E-state index < -0.39 is 18.1 Å². The Bertz CT molecular complexity index is 1460. The van der Waals surface area contributed by atoms with Crippen LogP contribution in [0.25, 0.3) is 0 Å². The van der Waals surface area contributed by atoms with Gasteiger partial charge in [0.2, 0.25) is 0 Å². The van der Waals surface area contributed by atoms with Crippen LogP contribution in [-0.2, 0) is 6.54 Å². The van der Waals surface area contributed by atoms with Gasteiger partial charge in [-0.2, -0.15) is 5.10 Å². The topological polar surface area (TPSA) is 127 Å². The Morgan fingerprint density at radius 3 is 2.26 bits per heavy atom. The Labute approximate surface area is 273 Å². The molecular formula is C36H49N5O5. The largest absolute Gasteiger partial charge is 0.492 e. The average molecular weight is 632 g/mol. The minimum Gasteiger partial charge on any atom is -0.492 e. The van der Waals surface area contributed by atoms with Crippen LogP contribution < -0.4 is 15.5 Å². The molecule has 0 fully saturated rings. The van der Waals surface area contributed by atoms with Crippen molar-refractivity contribution in [2.75, 3.05) is 44.6 Å². The van der Waals surface area contributed by atoms with Crippen molar-refractivity contribution in [3.8, 4) is 5.75 Å². The number of hydrogen-bond donors (Lipinski definition) is 4. The van der Waals surface area contributed by atoms with Crippen molar-refractivity contribution in [3.63, 3.8) is 0 Å². The summed E-state index contributed by atoms with van der Waals surface area (Å²) in [5, 5.41) is 26.8. The minimum absolute atomic E-state index is 0.210. The summed E-state index contributed by atoms with van der Waals surface area (Å²) in [5.41, 5.74) is 7.51. The molecule has 0 aromatic heterocycles. The molecule has 10 heteroatoms. The number of amides is 2. The molecule has 0 heterocycles. The fourth-order valence-electron chi connectivity index (χ4n) is 5.03. The average Bonchev–Trinajstić information content (AvgIpc) is 3.01. The van der Waals surface area contributed by atoms with Gasteiger partial charge in [0.1, 0.15) is 12.4 Å². The zero-order valence-corrected chi connectivity index (χ0v) is 27.9. The van der Waals surface area contributed by atoms with Gasteiger partial charge in [0.15, 0.2) is 0 Å². The second-order valence-corrected chi connectivity index (χ2v) is 11.7. The van der Waals surface area contributed by atoms with E-state index >= 15 is 0 Å². The van der Waals surface area contributed by atoms with Crippen molar-refractivity contribution in [2.45, 2.75) is 60.3 Å². The zero-order chi connectivity index (χ0) is 33.6. The van der Waals surface area contributed by atoms with Crippen LogP contribution in [0, 0.1) is 13.8 Å². The standard InChI is InChI=1S/C36H49N5O5/c1-7-40(8-2)16-17-46-32-14-15-34(33(20-32)36(45)39-37-21-29-13-12-25(3)26(4)18-29)38-35(44)31-11-9-10-30(19-31)24-41(22-27(5)42)23-28(6)43/h9-15,18-21,27-28,42-43H,7-8,16-17,22-24H2,1-6H3,(H,38,44)(H,39,45)/b37-21+. The Kier molecular flexibility index (Phi) is 14.4. The van der Waals surface area contributed by atoms with Crippen LogP contribution in [0.3, 0.4) is 0 Å². The molecule has 0 aliphatic rings. The number of aliphatic hydroxyl groups excluding tert-OH is 2. The van der Waals surface area contributed by atoms with Crippen LogP contribution in [0.15, 0.2) is 65.8 Å². The van der Waals surface area contributed by atoms with Crippen LogP contribution in [0.2, 0.25) is 0 Å². The number of hydrazone groups is 1. The molecule has 248 valence electrons. The van der Waals surface area contributed by atoms with Gasteiger partial charge in [-0.25, -0.2) is 5.43 Å². The minimum atomic E-state index is -0.565. The molecule has 4 N–H and O–H groups in total. The smallest absolute Gasteiger partial charge is 0.273 e. The van der Waals surface area contributed by atoms with Crippen molar-refractivity contribution < 1.29 is 24.5 Å². The van der Waals surface area contributed by atoms with E-state index in [0.717, 1.165) is 36.3 Å². The number of nitrogens with zero attached hydrogens (tertiary/aromatic N) is 3. The normalized spacial score (nSPS) is 12.8. The van der Waals surface area contributed by atoms with E-state index in [9.17, 15) is 19.8 Å². The monoisotopic (exact) mass is 631 g/mol. The van der Waals surface area contributed by atoms with Crippen molar-refractivity contribution in [1.82, 2.24) is 15.2 Å². The van der Waals surface area contributed by atoms with E-state index in [1.165, 1.54) is 5.56 Å². The third kappa shape index (κ3) is 11.7. The first-order valence-electron chi connectivity index (χ1n) is 15.9. The third-order valence-corrected chi connectivity index (χ3v) is 7.61. The first kappa shape index (κ1) is 36.4. The number of hydrogen-bond acceptors (Lipinski definition) is 8. The summed E-state index contributed by atoms with van der Waals surface area (Å²) in [4.78, 5) is 31.0. The molecule has 0 saturated carbocycles. The molecule has 3 aromatic rings. The van der Waals surface area contributed by atoms with Gasteiger partial charge >= 0.3 is 0 Å². The van der Waals surface area contributed by atoms with E-state index in [0.29, 0.717) is 43.2 Å². The van der Waals surface area contributed by atoms with Gasteiger partial charge in [-0.15, -0.1) is 0 Å². The lowest BCUT2D eigenvalue weighted by molar-refractivity contribution is 0.0793. The predicted molar refractivity (Wildman–Crippen MR) is 184 cm³/mol. The van der Waals surface area contributed by atoms with Crippen LogP contribution in [0.5, 0.6) is 5.75 Å². The van der Waals surface area contributed by atoms with Gasteiger partial charge in [-0.3, -0.25) is 14.5 Å². The molecule has 46 heavy (non-hydrogen) atoms. The second-order valence-electron chi connectivity index (χ2n) is 11.7. The lowest BCUT2D eigenvalue weighted by Crippen LogP contribution is -2.35. The summed E-state index contributed by atoms with van der Waals surface area (Å²) in [6, 6.07) is 18.1. The third-order valence-electron chi connectivity index (χ3n) is 7.61. The van der Waals surface area contributed by atoms with E-state index in [4.69, 9.17) is 4.74 Å². The highest BCUT2D eigenvalue weighted by atomic mass is 16.5. The van der Waals surface area contributed by atoms with Crippen LogP contribution >= 0.6 is 0 Å². The van der Waals surface area contributed by atoms with E-state index in [1.54, 1.807) is 56.5 Å². The molecule has 2 amide bonds. The highest BCUT2D eigenvalue weighted by Crippen LogP contribution is 2.24. The lowest BCUT2D eigenvalue weighted by Gasteiger charge is -2.25. The number of carbonyl (C=O) groups is 2. The molecule has 0 aliphatic heterocycles. The number of likely N-dealkylation sites (N-methyl/N-ethyl adjacent to an activating group) is 1. The maximum Gasteiger partial charge on any atom is 0.273 e. The number of aliphatic hydroxyl groups is 2. The molecule has 0 bridgehead atoms. The second kappa shape index (κ2) is 18.2. The highest BCUT2D eigenvalue weighted by Gasteiger charge is 2.18. The lowest BCUT2D eigenvalue weighted by atomic mass is 10.1. The van der Waals surface area contributed by atoms with E-state index in [1.807, 2.05) is 43.0 Å². The van der Waals surface area contributed by atoms with Gasteiger partial charge in [0, 0.05) is 31.7 Å². The summed E-state index contributed by atoms with van der Waals surface area (Å²) < 4.78 is 5.97. The Balaban J connectivity index is 1.81. The summed E-state index contributed by atoms with van der Waals surface area (Å²) in [6.45, 7) is 15.9. The molecular weight excluding hydrogens is 582 g/mol. The van der Waals surface area contributed by atoms with Gasteiger partial charge in [-0.1, -0.05) is 44.2 Å². The molecule has 2 atom stereocenters. The zero-order valence-electron chi connectivity index (χ0n) is 27.9. The Morgan fingerprint density at radius 2 is 1.61 bits per heavy atom. The van der Waals surface area contributed by atoms with E-state index in [-0.39, 0.29) is 11.5 Å². The summed E-state index contributed by atoms with van der Waals surface area (Å²) in [6.07, 6.45) is 0.449. The summed E-state index contributed by atoms with van der Waals surface area (Å²) in [5.74, 6) is -0.376. The molecule has 0 radical (unpaired) electrons. The molecule has 3 aromatic carbocycles. The van der Waals surface area contributed by atoms with Crippen molar-refractivity contribution in [2.24, 2.45) is 5.10 Å². The fourth-order valence-corrected chi connectivity index (χ4v) is 5.03.